The van der Waals surface area contributed by atoms with E-state index in [-0.39, 0.29) is 17.4 Å². The topological polar surface area (TPSA) is 46.5 Å². The van der Waals surface area contributed by atoms with Crippen LogP contribution in [-0.2, 0) is 9.53 Å². The number of Topliss-reactive ketones (excluding diaryl/α,β-unsaturated/α-hetero) is 1. The van der Waals surface area contributed by atoms with Crippen molar-refractivity contribution in [2.45, 2.75) is 39.3 Å². The van der Waals surface area contributed by atoms with Gasteiger partial charge in [-0.05, 0) is 38.8 Å². The number of benzene rings is 1. The Morgan fingerprint density at radius 3 is 2.67 bits per heavy atom. The molecule has 0 amide bonds. The molecule has 0 heterocycles. The van der Waals surface area contributed by atoms with E-state index in [9.17, 15) is 9.90 Å². The van der Waals surface area contributed by atoms with Gasteiger partial charge in [-0.15, -0.1) is 5.73 Å². The minimum Gasteiger partial charge on any atom is -0.491 e. The van der Waals surface area contributed by atoms with E-state index >= 15 is 0 Å². The van der Waals surface area contributed by atoms with Gasteiger partial charge in [0.2, 0.25) is 11.4 Å². The van der Waals surface area contributed by atoms with Gasteiger partial charge in [-0.1, -0.05) is 30.3 Å². The summed E-state index contributed by atoms with van der Waals surface area (Å²) in [6.07, 6.45) is 0.820. The van der Waals surface area contributed by atoms with E-state index in [0.717, 1.165) is 6.08 Å². The summed E-state index contributed by atoms with van der Waals surface area (Å²) >= 11 is 0. The highest BCUT2D eigenvalue weighted by atomic mass is 16.5. The molecule has 0 aliphatic heterocycles. The van der Waals surface area contributed by atoms with Crippen LogP contribution in [0.3, 0.4) is 0 Å². The maximum absolute atomic E-state index is 12.5. The molecule has 0 saturated carbocycles. The summed E-state index contributed by atoms with van der Waals surface area (Å²) in [7, 11) is 0. The third kappa shape index (κ3) is 2.85. The molecule has 1 unspecified atom stereocenters. The molecular formula is C18H20O3. The number of carbonyl (C=O) groups is 1. The van der Waals surface area contributed by atoms with Crippen LogP contribution in [-0.4, -0.2) is 22.6 Å². The van der Waals surface area contributed by atoms with Crippen LogP contribution in [0.1, 0.15) is 37.3 Å². The first-order valence-corrected chi connectivity index (χ1v) is 6.76. The van der Waals surface area contributed by atoms with E-state index < -0.39 is 18.2 Å². The summed E-state index contributed by atoms with van der Waals surface area (Å²) in [5.74, 6) is -0.408. The molecule has 3 nitrogen and oxygen atoms in total. The Balaban J connectivity index is 2.54. The molecule has 0 bridgehead atoms. The van der Waals surface area contributed by atoms with Crippen molar-refractivity contribution in [1.29, 1.82) is 0 Å². The van der Waals surface area contributed by atoms with Gasteiger partial charge in [0.25, 0.3) is 0 Å². The third-order valence-corrected chi connectivity index (χ3v) is 3.06. The lowest BCUT2D eigenvalue weighted by Crippen LogP contribution is -2.50. The van der Waals surface area contributed by atoms with E-state index in [1.807, 2.05) is 6.07 Å². The van der Waals surface area contributed by atoms with Crippen molar-refractivity contribution in [2.75, 3.05) is 0 Å². The van der Waals surface area contributed by atoms with Crippen molar-refractivity contribution in [1.82, 2.24) is 0 Å². The minimum atomic E-state index is -2.33. The maximum Gasteiger partial charge on any atom is 0.212 e. The van der Waals surface area contributed by atoms with Crippen molar-refractivity contribution < 1.29 is 18.8 Å². The van der Waals surface area contributed by atoms with Gasteiger partial charge in [-0.25, -0.2) is 0 Å². The zero-order chi connectivity index (χ0) is 18.1. The second-order valence-electron chi connectivity index (χ2n) is 5.25. The van der Waals surface area contributed by atoms with Crippen LogP contribution in [0.5, 0.6) is 0 Å². The predicted octanol–water partition coefficient (Wildman–Crippen LogP) is 3.26. The van der Waals surface area contributed by atoms with Crippen LogP contribution < -0.4 is 0 Å². The fraction of sp³-hybridized carbons (Fsp3) is 0.333. The molecule has 1 atom stereocenters. The molecule has 110 valence electrons. The quantitative estimate of drug-likeness (QED) is 0.865. The lowest BCUT2D eigenvalue weighted by atomic mass is 9.74. The van der Waals surface area contributed by atoms with Crippen molar-refractivity contribution in [3.05, 3.63) is 59.0 Å². The molecular weight excluding hydrogens is 264 g/mol. The second kappa shape index (κ2) is 5.72. The van der Waals surface area contributed by atoms with Gasteiger partial charge in [0, 0.05) is 10.2 Å². The first-order valence-electron chi connectivity index (χ1n) is 8.26. The first-order chi connectivity index (χ1) is 11.1. The van der Waals surface area contributed by atoms with Crippen LogP contribution in [0.4, 0.5) is 0 Å². The van der Waals surface area contributed by atoms with Crippen LogP contribution in [0.2, 0.25) is 0 Å². The fourth-order valence-electron chi connectivity index (χ4n) is 2.12. The summed E-state index contributed by atoms with van der Waals surface area (Å²) in [6, 6.07) is 8.90. The second-order valence-corrected chi connectivity index (χ2v) is 5.25. The summed E-state index contributed by atoms with van der Waals surface area (Å²) in [5, 5.41) is 10.7. The Hall–Kier alpha value is -2.09. The van der Waals surface area contributed by atoms with Crippen LogP contribution in [0.25, 0.3) is 5.57 Å². The summed E-state index contributed by atoms with van der Waals surface area (Å²) in [5.41, 5.74) is 1.44. The molecule has 0 aromatic heterocycles. The highest BCUT2D eigenvalue weighted by Crippen LogP contribution is 2.43. The fourth-order valence-corrected chi connectivity index (χ4v) is 2.12. The number of carbonyl (C=O) groups excluding carboxylic acids is 1. The highest BCUT2D eigenvalue weighted by Gasteiger charge is 2.53. The first kappa shape index (κ1) is 11.6. The molecule has 1 aliphatic carbocycles. The number of rotatable bonds is 4. The van der Waals surface area contributed by atoms with Gasteiger partial charge >= 0.3 is 0 Å². The molecule has 1 aromatic carbocycles. The summed E-state index contributed by atoms with van der Waals surface area (Å²) in [4.78, 5) is 12.5. The monoisotopic (exact) mass is 287 g/mol. The van der Waals surface area contributed by atoms with Crippen molar-refractivity contribution in [3.63, 3.8) is 0 Å². The lowest BCUT2D eigenvalue weighted by Gasteiger charge is -2.37. The molecule has 3 heteroatoms. The largest absolute Gasteiger partial charge is 0.491 e. The number of hydrogen-bond acceptors (Lipinski definition) is 3. The SMILES string of the molecule is [2H]C([2H])([2H])C(C)=C=CC1(O)C(=O)C(c2ccccc2)=C1OC(C)C. The molecule has 0 saturated heterocycles. The van der Waals surface area contributed by atoms with E-state index in [4.69, 9.17) is 8.85 Å². The molecule has 0 fully saturated rings. The molecule has 2 rings (SSSR count). The van der Waals surface area contributed by atoms with E-state index in [0.29, 0.717) is 11.1 Å². The van der Waals surface area contributed by atoms with E-state index in [2.05, 4.69) is 5.73 Å². The Labute approximate surface area is 129 Å². The average molecular weight is 287 g/mol. The van der Waals surface area contributed by atoms with Gasteiger partial charge in [-0.2, -0.15) is 0 Å². The van der Waals surface area contributed by atoms with Crippen LogP contribution in [0.15, 0.2) is 53.5 Å². The number of aliphatic hydroxyl groups is 1. The van der Waals surface area contributed by atoms with Gasteiger partial charge in [0.15, 0.2) is 5.76 Å². The van der Waals surface area contributed by atoms with Gasteiger partial charge < -0.3 is 9.84 Å². The Bertz CT molecular complexity index is 739. The molecule has 0 radical (unpaired) electrons. The number of hydrogen-bond donors (Lipinski definition) is 1. The van der Waals surface area contributed by atoms with Crippen molar-refractivity contribution in [3.8, 4) is 0 Å². The Morgan fingerprint density at radius 1 is 1.43 bits per heavy atom. The Kier molecular flexibility index (Phi) is 3.15. The molecule has 21 heavy (non-hydrogen) atoms. The summed E-state index contributed by atoms with van der Waals surface area (Å²) in [6.45, 7) is 2.61. The predicted molar refractivity (Wildman–Crippen MR) is 82.5 cm³/mol. The summed E-state index contributed by atoms with van der Waals surface area (Å²) < 4.78 is 27.6. The third-order valence-electron chi connectivity index (χ3n) is 3.06. The van der Waals surface area contributed by atoms with Crippen molar-refractivity contribution >= 4 is 11.4 Å². The average Bonchev–Trinajstić information content (AvgIpc) is 2.51. The number of ketones is 1. The van der Waals surface area contributed by atoms with Crippen LogP contribution >= 0.6 is 0 Å². The molecule has 1 aliphatic rings. The lowest BCUT2D eigenvalue weighted by molar-refractivity contribution is -0.132. The standard InChI is InChI=1S/C18H20O3/c1-12(2)10-11-18(20)16(19)15(17(18)21-13(3)4)14-8-6-5-7-9-14/h5-9,11,13,20H,1-4H3/i1D3. The maximum atomic E-state index is 12.5. The highest BCUT2D eigenvalue weighted by molar-refractivity contribution is 6.34. The van der Waals surface area contributed by atoms with Crippen molar-refractivity contribution in [2.24, 2.45) is 0 Å². The normalized spacial score (nSPS) is 23.7. The van der Waals surface area contributed by atoms with Gasteiger partial charge in [0.05, 0.1) is 11.7 Å². The molecule has 0 spiro atoms. The zero-order valence-corrected chi connectivity index (χ0v) is 12.3. The molecule has 1 N–H and O–H groups in total. The number of ether oxygens (including phenoxy) is 1. The van der Waals surface area contributed by atoms with E-state index in [1.54, 1.807) is 38.1 Å². The minimum absolute atomic E-state index is 0.0409. The van der Waals surface area contributed by atoms with Gasteiger partial charge in [0.1, 0.15) is 0 Å². The smallest absolute Gasteiger partial charge is 0.212 e. The van der Waals surface area contributed by atoms with E-state index in [1.165, 1.54) is 6.92 Å². The Morgan fingerprint density at radius 2 is 2.10 bits per heavy atom. The van der Waals surface area contributed by atoms with Gasteiger partial charge in [-0.3, -0.25) is 4.79 Å². The van der Waals surface area contributed by atoms with Crippen LogP contribution in [0, 0.1) is 0 Å². The zero-order valence-electron chi connectivity index (χ0n) is 15.3. The molecule has 1 aromatic rings.